The van der Waals surface area contributed by atoms with Crippen LogP contribution in [0.5, 0.6) is 11.5 Å². The first-order valence-corrected chi connectivity index (χ1v) is 6.98. The average molecular weight is 313 g/mol. The van der Waals surface area contributed by atoms with Gasteiger partial charge in [0.1, 0.15) is 18.1 Å². The molecular formula is C17H15NO5. The Balaban J connectivity index is 1.83. The van der Waals surface area contributed by atoms with E-state index in [0.717, 1.165) is 5.06 Å². The van der Waals surface area contributed by atoms with Gasteiger partial charge >= 0.3 is 0 Å². The van der Waals surface area contributed by atoms with E-state index in [2.05, 4.69) is 0 Å². The monoisotopic (exact) mass is 313 g/mol. The molecule has 1 heterocycles. The summed E-state index contributed by atoms with van der Waals surface area (Å²) in [6, 6.07) is 11.9. The fourth-order valence-corrected chi connectivity index (χ4v) is 2.48. The van der Waals surface area contributed by atoms with Crippen LogP contribution in [0.2, 0.25) is 0 Å². The minimum atomic E-state index is -0.473. The van der Waals surface area contributed by atoms with Gasteiger partial charge in [-0.25, -0.2) is 0 Å². The molecule has 6 nitrogen and oxygen atoms in total. The van der Waals surface area contributed by atoms with Gasteiger partial charge in [0.15, 0.2) is 0 Å². The van der Waals surface area contributed by atoms with Crippen LogP contribution in [0.1, 0.15) is 26.3 Å². The zero-order valence-electron chi connectivity index (χ0n) is 12.7. The van der Waals surface area contributed by atoms with E-state index in [0.29, 0.717) is 28.2 Å². The fraction of sp³-hybridized carbons (Fsp3) is 0.176. The van der Waals surface area contributed by atoms with Gasteiger partial charge in [-0.1, -0.05) is 18.2 Å². The average Bonchev–Trinajstić information content (AvgIpc) is 2.84. The molecule has 1 aliphatic rings. The highest BCUT2D eigenvalue weighted by Crippen LogP contribution is 2.30. The summed E-state index contributed by atoms with van der Waals surface area (Å²) in [7, 11) is 3.06. The molecule has 0 unspecified atom stereocenters. The highest BCUT2D eigenvalue weighted by molar-refractivity contribution is 6.20. The van der Waals surface area contributed by atoms with Gasteiger partial charge in [0.05, 0.1) is 30.9 Å². The van der Waals surface area contributed by atoms with E-state index < -0.39 is 11.8 Å². The predicted octanol–water partition coefficient (Wildman–Crippen LogP) is 2.43. The van der Waals surface area contributed by atoms with Crippen molar-refractivity contribution in [2.75, 3.05) is 14.2 Å². The molecule has 0 fully saturated rings. The molecule has 0 saturated carbocycles. The number of fused-ring (bicyclic) bond motifs is 1. The molecule has 0 aliphatic carbocycles. The molecule has 118 valence electrons. The van der Waals surface area contributed by atoms with Crippen molar-refractivity contribution >= 4 is 11.8 Å². The third-order valence-electron chi connectivity index (χ3n) is 3.62. The Labute approximate surface area is 133 Å². The molecule has 0 aromatic heterocycles. The van der Waals surface area contributed by atoms with E-state index >= 15 is 0 Å². The van der Waals surface area contributed by atoms with Crippen LogP contribution in [0, 0.1) is 0 Å². The lowest BCUT2D eigenvalue weighted by atomic mass is 10.1. The van der Waals surface area contributed by atoms with Gasteiger partial charge in [0, 0.05) is 0 Å². The molecule has 0 bridgehead atoms. The Morgan fingerprint density at radius 3 is 1.83 bits per heavy atom. The van der Waals surface area contributed by atoms with E-state index in [1.54, 1.807) is 42.5 Å². The number of amides is 2. The van der Waals surface area contributed by atoms with Crippen molar-refractivity contribution in [1.82, 2.24) is 5.06 Å². The molecule has 0 atom stereocenters. The summed E-state index contributed by atoms with van der Waals surface area (Å²) in [5, 5.41) is 0.774. The first kappa shape index (κ1) is 15.1. The molecule has 1 aliphatic heterocycles. The SMILES string of the molecule is COc1cccc(OC)c1CON1C(=O)c2ccccc2C1=O. The van der Waals surface area contributed by atoms with Crippen LogP contribution < -0.4 is 9.47 Å². The topological polar surface area (TPSA) is 65.1 Å². The van der Waals surface area contributed by atoms with Crippen molar-refractivity contribution in [2.24, 2.45) is 0 Å². The highest BCUT2D eigenvalue weighted by atomic mass is 16.7. The molecule has 0 saturated heterocycles. The Morgan fingerprint density at radius 1 is 0.826 bits per heavy atom. The minimum Gasteiger partial charge on any atom is -0.496 e. The number of imide groups is 1. The predicted molar refractivity (Wildman–Crippen MR) is 81.3 cm³/mol. The minimum absolute atomic E-state index is 0.0291. The molecule has 23 heavy (non-hydrogen) atoms. The van der Waals surface area contributed by atoms with Crippen LogP contribution in [-0.4, -0.2) is 31.1 Å². The van der Waals surface area contributed by atoms with Gasteiger partial charge in [0.2, 0.25) is 0 Å². The zero-order chi connectivity index (χ0) is 16.4. The first-order valence-electron chi connectivity index (χ1n) is 6.98. The van der Waals surface area contributed by atoms with Crippen molar-refractivity contribution in [3.63, 3.8) is 0 Å². The summed E-state index contributed by atoms with van der Waals surface area (Å²) in [5.41, 5.74) is 1.29. The van der Waals surface area contributed by atoms with E-state index in [4.69, 9.17) is 14.3 Å². The number of rotatable bonds is 5. The number of ether oxygens (including phenoxy) is 2. The zero-order valence-corrected chi connectivity index (χ0v) is 12.7. The lowest BCUT2D eigenvalue weighted by Gasteiger charge is -2.17. The maximum absolute atomic E-state index is 12.3. The van der Waals surface area contributed by atoms with Crippen molar-refractivity contribution < 1.29 is 23.9 Å². The largest absolute Gasteiger partial charge is 0.496 e. The number of nitrogens with zero attached hydrogens (tertiary/aromatic N) is 1. The maximum atomic E-state index is 12.3. The second kappa shape index (κ2) is 6.10. The second-order valence-electron chi connectivity index (χ2n) is 4.86. The highest BCUT2D eigenvalue weighted by Gasteiger charge is 2.36. The number of hydrogen-bond donors (Lipinski definition) is 0. The molecule has 0 N–H and O–H groups in total. The molecule has 2 amide bonds. The number of carbonyl (C=O) groups excluding carboxylic acids is 2. The van der Waals surface area contributed by atoms with Gasteiger partial charge in [-0.05, 0) is 24.3 Å². The summed E-state index contributed by atoms with van der Waals surface area (Å²) in [5.74, 6) is 0.167. The van der Waals surface area contributed by atoms with Crippen LogP contribution in [0.15, 0.2) is 42.5 Å². The summed E-state index contributed by atoms with van der Waals surface area (Å²) >= 11 is 0. The third kappa shape index (κ3) is 2.53. The van der Waals surface area contributed by atoms with E-state index in [-0.39, 0.29) is 6.61 Å². The lowest BCUT2D eigenvalue weighted by molar-refractivity contribution is -0.101. The molecule has 0 spiro atoms. The van der Waals surface area contributed by atoms with E-state index in [1.165, 1.54) is 14.2 Å². The number of carbonyl (C=O) groups is 2. The summed E-state index contributed by atoms with van der Waals surface area (Å²) < 4.78 is 10.5. The summed E-state index contributed by atoms with van der Waals surface area (Å²) in [6.07, 6.45) is 0. The fourth-order valence-electron chi connectivity index (χ4n) is 2.48. The number of benzene rings is 2. The Hall–Kier alpha value is -2.86. The van der Waals surface area contributed by atoms with Crippen LogP contribution >= 0.6 is 0 Å². The van der Waals surface area contributed by atoms with Gasteiger partial charge in [0.25, 0.3) is 11.8 Å². The molecule has 2 aromatic carbocycles. The van der Waals surface area contributed by atoms with Gasteiger partial charge in [-0.3, -0.25) is 14.4 Å². The first-order chi connectivity index (χ1) is 11.2. The van der Waals surface area contributed by atoms with Crippen LogP contribution in [0.4, 0.5) is 0 Å². The number of methoxy groups -OCH3 is 2. The summed E-state index contributed by atoms with van der Waals surface area (Å²) in [6.45, 7) is -0.0291. The Kier molecular flexibility index (Phi) is 3.99. The molecule has 2 aromatic rings. The maximum Gasteiger partial charge on any atom is 0.285 e. The lowest BCUT2D eigenvalue weighted by Crippen LogP contribution is -2.29. The molecule has 0 radical (unpaired) electrons. The quantitative estimate of drug-likeness (QED) is 0.793. The van der Waals surface area contributed by atoms with E-state index in [1.807, 2.05) is 0 Å². The van der Waals surface area contributed by atoms with Crippen molar-refractivity contribution in [3.05, 3.63) is 59.2 Å². The smallest absolute Gasteiger partial charge is 0.285 e. The molecular weight excluding hydrogens is 298 g/mol. The standard InChI is InChI=1S/C17H15NO5/c1-21-14-8-5-9-15(22-2)13(14)10-23-18-16(19)11-6-3-4-7-12(11)17(18)20/h3-9H,10H2,1-2H3. The van der Waals surface area contributed by atoms with Gasteiger partial charge in [-0.15, -0.1) is 5.06 Å². The molecule has 3 rings (SSSR count). The molecule has 6 heteroatoms. The van der Waals surface area contributed by atoms with Crippen molar-refractivity contribution in [3.8, 4) is 11.5 Å². The number of hydroxylamine groups is 2. The van der Waals surface area contributed by atoms with Crippen LogP contribution in [0.25, 0.3) is 0 Å². The second-order valence-corrected chi connectivity index (χ2v) is 4.86. The van der Waals surface area contributed by atoms with Crippen molar-refractivity contribution in [2.45, 2.75) is 6.61 Å². The third-order valence-corrected chi connectivity index (χ3v) is 3.62. The van der Waals surface area contributed by atoms with Crippen molar-refractivity contribution in [1.29, 1.82) is 0 Å². The Bertz CT molecular complexity index is 714. The Morgan fingerprint density at radius 2 is 1.35 bits per heavy atom. The van der Waals surface area contributed by atoms with Crippen LogP contribution in [0.3, 0.4) is 0 Å². The van der Waals surface area contributed by atoms with E-state index in [9.17, 15) is 9.59 Å². The van der Waals surface area contributed by atoms with Gasteiger partial charge in [-0.2, -0.15) is 0 Å². The van der Waals surface area contributed by atoms with Gasteiger partial charge < -0.3 is 9.47 Å². The normalized spacial score (nSPS) is 13.2. The number of hydrogen-bond acceptors (Lipinski definition) is 5. The van der Waals surface area contributed by atoms with Crippen LogP contribution in [-0.2, 0) is 11.4 Å². The summed E-state index contributed by atoms with van der Waals surface area (Å²) in [4.78, 5) is 30.0.